The van der Waals surface area contributed by atoms with E-state index >= 15 is 0 Å². The number of hydrogen-bond donors (Lipinski definition) is 7. The van der Waals surface area contributed by atoms with Gasteiger partial charge in [0.1, 0.15) is 23.9 Å². The summed E-state index contributed by atoms with van der Waals surface area (Å²) in [4.78, 5) is 49.9. The number of hydrogen-bond acceptors (Lipinski definition) is 8. The maximum atomic E-state index is 13.0. The molecule has 0 spiro atoms. The second-order valence-corrected chi connectivity index (χ2v) is 9.94. The Morgan fingerprint density at radius 2 is 1.51 bits per heavy atom. The Bertz CT molecular complexity index is 853. The molecule has 3 amide bonds. The molecule has 0 radical (unpaired) electrons. The number of phenolic OH excluding ortho intramolecular Hbond substituents is 1. The monoisotopic (exact) mass is 528 g/mol. The molecule has 196 valence electrons. The largest absolute Gasteiger partial charge is 0.508 e. The first-order chi connectivity index (χ1) is 16.5. The molecular weight excluding hydrogens is 492 g/mol. The van der Waals surface area contributed by atoms with Gasteiger partial charge in [-0.05, 0) is 48.5 Å². The number of aromatic hydroxyl groups is 1. The van der Waals surface area contributed by atoms with Crippen LogP contribution in [0.15, 0.2) is 24.3 Å². The molecule has 0 aliphatic rings. The van der Waals surface area contributed by atoms with E-state index in [0.29, 0.717) is 17.7 Å². The molecule has 12 heteroatoms. The third-order valence-corrected chi connectivity index (χ3v) is 6.13. The average Bonchev–Trinajstić information content (AvgIpc) is 2.80. The Balaban J connectivity index is 2.89. The van der Waals surface area contributed by atoms with Crippen molar-refractivity contribution in [2.24, 2.45) is 11.7 Å². The lowest BCUT2D eigenvalue weighted by atomic mass is 10.0. The highest BCUT2D eigenvalue weighted by molar-refractivity contribution is 7.98. The van der Waals surface area contributed by atoms with Gasteiger partial charge in [-0.15, -0.1) is 0 Å². The Morgan fingerprint density at radius 3 is 2.03 bits per heavy atom. The van der Waals surface area contributed by atoms with Crippen LogP contribution in [0.4, 0.5) is 0 Å². The van der Waals surface area contributed by atoms with E-state index in [4.69, 9.17) is 5.73 Å². The van der Waals surface area contributed by atoms with Crippen molar-refractivity contribution in [2.45, 2.75) is 57.3 Å². The molecular formula is C23H36N4O6S2. The summed E-state index contributed by atoms with van der Waals surface area (Å²) in [6, 6.07) is 1.93. The standard InChI is InChI=1S/C23H36N4O6S2/c1-13(2)10-17(25-22(31)19(12-34)27-20(29)16(24)8-9-35-3)21(30)26-18(23(32)33)11-14-4-6-15(28)7-5-14/h4-7,13,16-19,28,34H,8-12,24H2,1-3H3,(H,25,31)(H,26,30)(H,27,29)(H,32,33). The summed E-state index contributed by atoms with van der Waals surface area (Å²) in [5.74, 6) is -2.26. The molecule has 0 saturated carbocycles. The number of carbonyl (C=O) groups is 4. The Labute approximate surface area is 215 Å². The van der Waals surface area contributed by atoms with E-state index < -0.39 is 47.9 Å². The summed E-state index contributed by atoms with van der Waals surface area (Å²) < 4.78 is 0. The first kappa shape index (κ1) is 30.6. The Hall–Kier alpha value is -2.44. The molecule has 1 aromatic carbocycles. The molecule has 0 aliphatic heterocycles. The molecule has 0 aromatic heterocycles. The number of amides is 3. The van der Waals surface area contributed by atoms with Crippen LogP contribution < -0.4 is 21.7 Å². The summed E-state index contributed by atoms with van der Waals surface area (Å²) in [6.07, 6.45) is 2.59. The molecule has 35 heavy (non-hydrogen) atoms. The van der Waals surface area contributed by atoms with Gasteiger partial charge in [-0.1, -0.05) is 26.0 Å². The molecule has 4 unspecified atom stereocenters. The molecule has 10 nitrogen and oxygen atoms in total. The molecule has 0 fully saturated rings. The van der Waals surface area contributed by atoms with Gasteiger partial charge < -0.3 is 31.9 Å². The minimum absolute atomic E-state index is 0.00699. The van der Waals surface area contributed by atoms with Crippen molar-refractivity contribution in [3.63, 3.8) is 0 Å². The molecule has 7 N–H and O–H groups in total. The van der Waals surface area contributed by atoms with Gasteiger partial charge in [0.25, 0.3) is 0 Å². The molecule has 0 heterocycles. The van der Waals surface area contributed by atoms with Crippen LogP contribution in [-0.2, 0) is 25.6 Å². The summed E-state index contributed by atoms with van der Waals surface area (Å²) >= 11 is 5.69. The molecule has 0 aliphatic carbocycles. The van der Waals surface area contributed by atoms with E-state index in [-0.39, 0.29) is 30.3 Å². The predicted molar refractivity (Wildman–Crippen MR) is 140 cm³/mol. The van der Waals surface area contributed by atoms with Crippen LogP contribution in [0, 0.1) is 5.92 Å². The van der Waals surface area contributed by atoms with E-state index in [2.05, 4.69) is 28.6 Å². The number of benzene rings is 1. The van der Waals surface area contributed by atoms with Crippen molar-refractivity contribution >= 4 is 48.1 Å². The lowest BCUT2D eigenvalue weighted by Crippen LogP contribution is -2.58. The Morgan fingerprint density at radius 1 is 0.971 bits per heavy atom. The van der Waals surface area contributed by atoms with E-state index in [9.17, 15) is 29.4 Å². The average molecular weight is 529 g/mol. The lowest BCUT2D eigenvalue weighted by molar-refractivity contribution is -0.142. The number of aliphatic carboxylic acids is 1. The van der Waals surface area contributed by atoms with Gasteiger partial charge in [-0.3, -0.25) is 14.4 Å². The van der Waals surface area contributed by atoms with E-state index in [1.165, 1.54) is 12.1 Å². The topological polar surface area (TPSA) is 171 Å². The molecule has 1 aromatic rings. The van der Waals surface area contributed by atoms with Gasteiger partial charge in [0, 0.05) is 12.2 Å². The number of nitrogens with one attached hydrogen (secondary N) is 3. The third-order valence-electron chi connectivity index (χ3n) is 5.12. The fraction of sp³-hybridized carbons (Fsp3) is 0.565. The van der Waals surface area contributed by atoms with Crippen LogP contribution in [0.25, 0.3) is 0 Å². The SMILES string of the molecule is CSCCC(N)C(=O)NC(CS)C(=O)NC(CC(C)C)C(=O)NC(Cc1ccc(O)cc1)C(=O)O. The number of carbonyl (C=O) groups excluding carboxylic acids is 3. The molecule has 1 rings (SSSR count). The van der Waals surface area contributed by atoms with Crippen molar-refractivity contribution < 1.29 is 29.4 Å². The molecule has 4 atom stereocenters. The van der Waals surface area contributed by atoms with Crippen LogP contribution in [0.2, 0.25) is 0 Å². The van der Waals surface area contributed by atoms with Gasteiger partial charge in [0.2, 0.25) is 17.7 Å². The highest BCUT2D eigenvalue weighted by atomic mass is 32.2. The van der Waals surface area contributed by atoms with Crippen LogP contribution in [0.3, 0.4) is 0 Å². The van der Waals surface area contributed by atoms with E-state index in [1.807, 2.05) is 20.1 Å². The van der Waals surface area contributed by atoms with Gasteiger partial charge in [0.15, 0.2) is 0 Å². The zero-order valence-corrected chi connectivity index (χ0v) is 21.9. The fourth-order valence-electron chi connectivity index (χ4n) is 3.16. The quantitative estimate of drug-likeness (QED) is 0.162. The minimum atomic E-state index is -1.24. The van der Waals surface area contributed by atoms with Crippen LogP contribution in [0.1, 0.15) is 32.3 Å². The van der Waals surface area contributed by atoms with E-state index in [1.54, 1.807) is 23.9 Å². The molecule has 0 saturated heterocycles. The summed E-state index contributed by atoms with van der Waals surface area (Å²) in [7, 11) is 0. The first-order valence-electron chi connectivity index (χ1n) is 11.3. The van der Waals surface area contributed by atoms with Crippen LogP contribution in [0.5, 0.6) is 5.75 Å². The predicted octanol–water partition coefficient (Wildman–Crippen LogP) is 0.530. The number of carboxylic acids is 1. The second-order valence-electron chi connectivity index (χ2n) is 8.59. The molecule has 0 bridgehead atoms. The van der Waals surface area contributed by atoms with Crippen molar-refractivity contribution in [1.29, 1.82) is 0 Å². The van der Waals surface area contributed by atoms with Crippen LogP contribution in [-0.4, -0.2) is 75.8 Å². The van der Waals surface area contributed by atoms with Gasteiger partial charge >= 0.3 is 5.97 Å². The van der Waals surface area contributed by atoms with Crippen molar-refractivity contribution in [2.75, 3.05) is 17.8 Å². The smallest absolute Gasteiger partial charge is 0.326 e. The fourth-order valence-corrected chi connectivity index (χ4v) is 3.91. The normalized spacial score (nSPS) is 14.5. The van der Waals surface area contributed by atoms with Crippen molar-refractivity contribution in [3.8, 4) is 5.75 Å². The highest BCUT2D eigenvalue weighted by Gasteiger charge is 2.30. The summed E-state index contributed by atoms with van der Waals surface area (Å²) in [5.41, 5.74) is 6.47. The number of thioether (sulfide) groups is 1. The summed E-state index contributed by atoms with van der Waals surface area (Å²) in [6.45, 7) is 3.72. The lowest BCUT2D eigenvalue weighted by Gasteiger charge is -2.25. The number of carboxylic acid groups (broad SMARTS) is 1. The second kappa shape index (κ2) is 15.5. The summed E-state index contributed by atoms with van der Waals surface area (Å²) in [5, 5.41) is 26.7. The first-order valence-corrected chi connectivity index (χ1v) is 13.3. The van der Waals surface area contributed by atoms with Gasteiger partial charge in [-0.25, -0.2) is 4.79 Å². The highest BCUT2D eigenvalue weighted by Crippen LogP contribution is 2.12. The zero-order chi connectivity index (χ0) is 26.5. The minimum Gasteiger partial charge on any atom is -0.508 e. The Kier molecular flexibility index (Phi) is 13.6. The van der Waals surface area contributed by atoms with Gasteiger partial charge in [-0.2, -0.15) is 24.4 Å². The number of nitrogens with two attached hydrogens (primary N) is 1. The van der Waals surface area contributed by atoms with E-state index in [0.717, 1.165) is 0 Å². The van der Waals surface area contributed by atoms with Crippen LogP contribution >= 0.6 is 24.4 Å². The third kappa shape index (κ3) is 11.2. The maximum Gasteiger partial charge on any atom is 0.326 e. The van der Waals surface area contributed by atoms with Gasteiger partial charge in [0.05, 0.1) is 6.04 Å². The van der Waals surface area contributed by atoms with Crippen molar-refractivity contribution in [3.05, 3.63) is 29.8 Å². The van der Waals surface area contributed by atoms with Crippen molar-refractivity contribution in [1.82, 2.24) is 16.0 Å². The zero-order valence-electron chi connectivity index (χ0n) is 20.2. The number of thiol groups is 1. The number of phenols is 1. The number of rotatable bonds is 15. The maximum absolute atomic E-state index is 13.0.